The smallest absolute Gasteiger partial charge is 0.230 e. The number of hydrogen-bond donors (Lipinski definition) is 1. The zero-order valence-electron chi connectivity index (χ0n) is 10.3. The van der Waals surface area contributed by atoms with E-state index in [-0.39, 0.29) is 11.9 Å². The van der Waals surface area contributed by atoms with E-state index in [9.17, 15) is 4.79 Å². The van der Waals surface area contributed by atoms with Gasteiger partial charge >= 0.3 is 0 Å². The lowest BCUT2D eigenvalue weighted by atomic mass is 10.0. The van der Waals surface area contributed by atoms with Crippen molar-refractivity contribution in [2.45, 2.75) is 25.8 Å². The molecule has 1 heterocycles. The van der Waals surface area contributed by atoms with Gasteiger partial charge in [-0.05, 0) is 24.1 Å². The molecule has 1 aromatic rings. The Morgan fingerprint density at radius 2 is 2.29 bits per heavy atom. The summed E-state index contributed by atoms with van der Waals surface area (Å²) in [5.41, 5.74) is 7.85. The molecule has 2 N–H and O–H groups in total. The number of ether oxygens (including phenoxy) is 1. The number of anilines is 1. The lowest BCUT2D eigenvalue weighted by Gasteiger charge is -2.19. The molecule has 1 aromatic carbocycles. The molecule has 0 aliphatic carbocycles. The molecule has 17 heavy (non-hydrogen) atoms. The molecule has 1 aliphatic rings. The van der Waals surface area contributed by atoms with E-state index in [0.717, 1.165) is 23.4 Å². The molecule has 4 nitrogen and oxygen atoms in total. The van der Waals surface area contributed by atoms with Gasteiger partial charge in [-0.2, -0.15) is 0 Å². The first-order valence-corrected chi connectivity index (χ1v) is 5.92. The van der Waals surface area contributed by atoms with Crippen molar-refractivity contribution in [2.24, 2.45) is 5.73 Å². The Hall–Kier alpha value is -1.55. The molecule has 0 saturated carbocycles. The maximum Gasteiger partial charge on any atom is 0.230 e. The summed E-state index contributed by atoms with van der Waals surface area (Å²) in [5.74, 6) is 0.830. The third kappa shape index (κ3) is 2.26. The standard InChI is InChI=1S/C13H18N2O2/c1-3-10(14)9-4-5-12-11(8-9)15(2)13(16)6-7-17-12/h4-5,8,10H,3,6-7,14H2,1-2H3. The van der Waals surface area contributed by atoms with Gasteiger partial charge in [-0.25, -0.2) is 0 Å². The summed E-state index contributed by atoms with van der Waals surface area (Å²) in [5, 5.41) is 0. The van der Waals surface area contributed by atoms with E-state index >= 15 is 0 Å². The van der Waals surface area contributed by atoms with E-state index in [2.05, 4.69) is 0 Å². The highest BCUT2D eigenvalue weighted by molar-refractivity contribution is 5.95. The van der Waals surface area contributed by atoms with Gasteiger partial charge in [-0.3, -0.25) is 4.79 Å². The van der Waals surface area contributed by atoms with Gasteiger partial charge in [0.25, 0.3) is 0 Å². The van der Waals surface area contributed by atoms with Crippen molar-refractivity contribution < 1.29 is 9.53 Å². The SMILES string of the molecule is CCC(N)c1ccc2c(c1)N(C)C(=O)CCO2. The quantitative estimate of drug-likeness (QED) is 0.849. The molecule has 4 heteroatoms. The van der Waals surface area contributed by atoms with Gasteiger partial charge < -0.3 is 15.4 Å². The Balaban J connectivity index is 2.41. The van der Waals surface area contributed by atoms with Crippen molar-refractivity contribution in [1.29, 1.82) is 0 Å². The fourth-order valence-corrected chi connectivity index (χ4v) is 1.94. The molecule has 0 spiro atoms. The van der Waals surface area contributed by atoms with Crippen molar-refractivity contribution in [3.63, 3.8) is 0 Å². The van der Waals surface area contributed by atoms with Crippen LogP contribution in [0.15, 0.2) is 18.2 Å². The third-order valence-electron chi connectivity index (χ3n) is 3.16. The number of fused-ring (bicyclic) bond motifs is 1. The predicted octanol–water partition coefficient (Wildman–Crippen LogP) is 1.84. The van der Waals surface area contributed by atoms with Gasteiger partial charge in [0, 0.05) is 13.1 Å². The van der Waals surface area contributed by atoms with Crippen molar-refractivity contribution in [1.82, 2.24) is 0 Å². The van der Waals surface area contributed by atoms with Crippen LogP contribution in [0.3, 0.4) is 0 Å². The lowest BCUT2D eigenvalue weighted by molar-refractivity contribution is -0.118. The second-order valence-corrected chi connectivity index (χ2v) is 4.29. The molecular weight excluding hydrogens is 216 g/mol. The number of hydrogen-bond acceptors (Lipinski definition) is 3. The second-order valence-electron chi connectivity index (χ2n) is 4.29. The topological polar surface area (TPSA) is 55.6 Å². The molecule has 92 valence electrons. The van der Waals surface area contributed by atoms with Crippen molar-refractivity contribution in [2.75, 3.05) is 18.6 Å². The Kier molecular flexibility index (Phi) is 3.33. The average Bonchev–Trinajstić information content (AvgIpc) is 2.49. The molecule has 0 radical (unpaired) electrons. The van der Waals surface area contributed by atoms with Crippen LogP contribution in [-0.4, -0.2) is 19.6 Å². The van der Waals surface area contributed by atoms with Gasteiger partial charge in [0.05, 0.1) is 18.7 Å². The van der Waals surface area contributed by atoms with Crippen LogP contribution in [0.25, 0.3) is 0 Å². The van der Waals surface area contributed by atoms with E-state index in [1.807, 2.05) is 25.1 Å². The minimum absolute atomic E-state index is 0.00653. The molecule has 0 bridgehead atoms. The fourth-order valence-electron chi connectivity index (χ4n) is 1.94. The zero-order valence-corrected chi connectivity index (χ0v) is 10.3. The minimum atomic E-state index is 0.00653. The Morgan fingerprint density at radius 3 is 3.00 bits per heavy atom. The summed E-state index contributed by atoms with van der Waals surface area (Å²) in [6.07, 6.45) is 1.29. The van der Waals surface area contributed by atoms with Crippen molar-refractivity contribution >= 4 is 11.6 Å². The van der Waals surface area contributed by atoms with Gasteiger partial charge in [-0.1, -0.05) is 13.0 Å². The molecule has 0 fully saturated rings. The minimum Gasteiger partial charge on any atom is -0.491 e. The first kappa shape index (κ1) is 11.9. The van der Waals surface area contributed by atoms with E-state index in [0.29, 0.717) is 13.0 Å². The van der Waals surface area contributed by atoms with E-state index < -0.39 is 0 Å². The summed E-state index contributed by atoms with van der Waals surface area (Å²) in [6, 6.07) is 5.82. The second kappa shape index (κ2) is 4.75. The summed E-state index contributed by atoms with van der Waals surface area (Å²) >= 11 is 0. The van der Waals surface area contributed by atoms with Crippen LogP contribution in [0.1, 0.15) is 31.4 Å². The largest absolute Gasteiger partial charge is 0.491 e. The number of carbonyl (C=O) groups excluding carboxylic acids is 1. The summed E-state index contributed by atoms with van der Waals surface area (Å²) in [4.78, 5) is 13.4. The number of rotatable bonds is 2. The van der Waals surface area contributed by atoms with Crippen LogP contribution in [0, 0.1) is 0 Å². The van der Waals surface area contributed by atoms with Crippen LogP contribution < -0.4 is 15.4 Å². The van der Waals surface area contributed by atoms with Crippen LogP contribution in [0.4, 0.5) is 5.69 Å². The van der Waals surface area contributed by atoms with Crippen LogP contribution >= 0.6 is 0 Å². The molecule has 1 unspecified atom stereocenters. The van der Waals surface area contributed by atoms with Crippen molar-refractivity contribution in [3.8, 4) is 5.75 Å². The fraction of sp³-hybridized carbons (Fsp3) is 0.462. The Morgan fingerprint density at radius 1 is 1.53 bits per heavy atom. The highest BCUT2D eigenvalue weighted by Gasteiger charge is 2.20. The first-order valence-electron chi connectivity index (χ1n) is 5.92. The van der Waals surface area contributed by atoms with Crippen LogP contribution in [0.2, 0.25) is 0 Å². The average molecular weight is 234 g/mol. The Bertz CT molecular complexity index is 431. The van der Waals surface area contributed by atoms with Gasteiger partial charge in [-0.15, -0.1) is 0 Å². The molecule has 0 aromatic heterocycles. The van der Waals surface area contributed by atoms with Gasteiger partial charge in [0.1, 0.15) is 5.75 Å². The molecular formula is C13H18N2O2. The number of benzene rings is 1. The number of carbonyl (C=O) groups is 1. The lowest BCUT2D eigenvalue weighted by Crippen LogP contribution is -2.25. The number of nitrogens with zero attached hydrogens (tertiary/aromatic N) is 1. The predicted molar refractivity (Wildman–Crippen MR) is 67.2 cm³/mol. The number of nitrogens with two attached hydrogens (primary N) is 1. The van der Waals surface area contributed by atoms with Gasteiger partial charge in [0.2, 0.25) is 5.91 Å². The first-order chi connectivity index (χ1) is 8.13. The molecule has 1 atom stereocenters. The molecule has 1 aliphatic heterocycles. The highest BCUT2D eigenvalue weighted by Crippen LogP contribution is 2.33. The van der Waals surface area contributed by atoms with Crippen LogP contribution in [-0.2, 0) is 4.79 Å². The summed E-state index contributed by atoms with van der Waals surface area (Å²) < 4.78 is 5.55. The highest BCUT2D eigenvalue weighted by atomic mass is 16.5. The van der Waals surface area contributed by atoms with Crippen molar-refractivity contribution in [3.05, 3.63) is 23.8 Å². The van der Waals surface area contributed by atoms with E-state index in [4.69, 9.17) is 10.5 Å². The number of amides is 1. The normalized spacial score (nSPS) is 17.1. The summed E-state index contributed by atoms with van der Waals surface area (Å²) in [7, 11) is 1.77. The van der Waals surface area contributed by atoms with E-state index in [1.54, 1.807) is 11.9 Å². The zero-order chi connectivity index (χ0) is 12.4. The molecule has 0 saturated heterocycles. The summed E-state index contributed by atoms with van der Waals surface area (Å²) in [6.45, 7) is 2.48. The maximum absolute atomic E-state index is 11.7. The molecule has 1 amide bonds. The van der Waals surface area contributed by atoms with Crippen LogP contribution in [0.5, 0.6) is 5.75 Å². The maximum atomic E-state index is 11.7. The molecule has 2 rings (SSSR count). The monoisotopic (exact) mass is 234 g/mol. The van der Waals surface area contributed by atoms with E-state index in [1.165, 1.54) is 0 Å². The third-order valence-corrected chi connectivity index (χ3v) is 3.16. The Labute approximate surface area is 101 Å². The van der Waals surface area contributed by atoms with Gasteiger partial charge in [0.15, 0.2) is 0 Å².